The summed E-state index contributed by atoms with van der Waals surface area (Å²) in [5.41, 5.74) is 0.220. The average Bonchev–Trinajstić information content (AvgIpc) is 2.36. The van der Waals surface area contributed by atoms with E-state index in [9.17, 15) is 8.78 Å². The van der Waals surface area contributed by atoms with E-state index in [1.165, 1.54) is 19.2 Å². The molecule has 88 valence electrons. The van der Waals surface area contributed by atoms with Crippen molar-refractivity contribution in [3.8, 4) is 5.75 Å². The first-order valence-electron chi connectivity index (χ1n) is 5.29. The van der Waals surface area contributed by atoms with Crippen LogP contribution in [0, 0.1) is 5.92 Å². The molecule has 1 rings (SSSR count). The summed E-state index contributed by atoms with van der Waals surface area (Å²) in [6, 6.07) is 6.34. The molecule has 1 aromatic carbocycles. The molecule has 0 spiro atoms. The fourth-order valence-corrected chi connectivity index (χ4v) is 1.29. The first-order valence-corrected chi connectivity index (χ1v) is 5.29. The fourth-order valence-electron chi connectivity index (χ4n) is 1.29. The third-order valence-electron chi connectivity index (χ3n) is 2.58. The van der Waals surface area contributed by atoms with Crippen molar-refractivity contribution < 1.29 is 13.5 Å². The van der Waals surface area contributed by atoms with Crippen molar-refractivity contribution in [2.24, 2.45) is 5.92 Å². The first kappa shape index (κ1) is 12.7. The first-order chi connectivity index (χ1) is 7.60. The Bertz CT molecular complexity index is 385. The molecule has 1 unspecified atom stereocenters. The highest BCUT2D eigenvalue weighted by molar-refractivity contribution is 5.62. The number of allylic oxidation sites excluding steroid dienone is 1. The van der Waals surface area contributed by atoms with E-state index in [0.717, 1.165) is 0 Å². The van der Waals surface area contributed by atoms with Crippen molar-refractivity contribution >= 4 is 5.83 Å². The van der Waals surface area contributed by atoms with E-state index in [-0.39, 0.29) is 5.56 Å². The van der Waals surface area contributed by atoms with Crippen LogP contribution in [0.1, 0.15) is 25.8 Å². The Morgan fingerprint density at radius 3 is 2.62 bits per heavy atom. The van der Waals surface area contributed by atoms with Crippen molar-refractivity contribution in [3.05, 3.63) is 35.7 Å². The van der Waals surface area contributed by atoms with Crippen LogP contribution in [0.2, 0.25) is 0 Å². The van der Waals surface area contributed by atoms with Crippen LogP contribution in [-0.2, 0) is 0 Å². The number of methoxy groups -OCH3 is 1. The van der Waals surface area contributed by atoms with Gasteiger partial charge in [0.1, 0.15) is 11.6 Å². The van der Waals surface area contributed by atoms with E-state index in [0.29, 0.717) is 12.2 Å². The Kier molecular flexibility index (Phi) is 4.47. The minimum Gasteiger partial charge on any atom is -0.497 e. The molecule has 3 heteroatoms. The van der Waals surface area contributed by atoms with Crippen LogP contribution in [0.4, 0.5) is 8.78 Å². The standard InChI is InChI=1S/C13H16F2O/c1-4-9(2)12(14)13(15)10-6-5-7-11(8-10)16-3/h5-9H,4H2,1-3H3/b13-12+. The maximum Gasteiger partial charge on any atom is 0.162 e. The number of benzene rings is 1. The topological polar surface area (TPSA) is 9.23 Å². The highest BCUT2D eigenvalue weighted by Crippen LogP contribution is 2.29. The summed E-state index contributed by atoms with van der Waals surface area (Å²) in [6.07, 6.45) is 0.573. The van der Waals surface area contributed by atoms with Crippen LogP contribution in [0.15, 0.2) is 30.1 Å². The van der Waals surface area contributed by atoms with Gasteiger partial charge < -0.3 is 4.74 Å². The number of rotatable bonds is 4. The van der Waals surface area contributed by atoms with Gasteiger partial charge in [-0.3, -0.25) is 0 Å². The predicted octanol–water partition coefficient (Wildman–Crippen LogP) is 4.35. The van der Waals surface area contributed by atoms with Crippen LogP contribution >= 0.6 is 0 Å². The van der Waals surface area contributed by atoms with Gasteiger partial charge in [-0.25, -0.2) is 8.78 Å². The van der Waals surface area contributed by atoms with E-state index in [2.05, 4.69) is 0 Å². The van der Waals surface area contributed by atoms with Gasteiger partial charge in [0, 0.05) is 11.5 Å². The van der Waals surface area contributed by atoms with Gasteiger partial charge in [0.2, 0.25) is 0 Å². The molecule has 16 heavy (non-hydrogen) atoms. The van der Waals surface area contributed by atoms with E-state index in [1.54, 1.807) is 19.1 Å². The zero-order valence-electron chi connectivity index (χ0n) is 9.76. The molecule has 1 nitrogen and oxygen atoms in total. The lowest BCUT2D eigenvalue weighted by Crippen LogP contribution is -1.95. The molecule has 1 aromatic rings. The van der Waals surface area contributed by atoms with E-state index in [1.807, 2.05) is 6.92 Å². The summed E-state index contributed by atoms with van der Waals surface area (Å²) in [5, 5.41) is 0. The summed E-state index contributed by atoms with van der Waals surface area (Å²) in [7, 11) is 1.49. The molecular weight excluding hydrogens is 210 g/mol. The zero-order valence-corrected chi connectivity index (χ0v) is 9.76. The lowest BCUT2D eigenvalue weighted by Gasteiger charge is -2.08. The van der Waals surface area contributed by atoms with Gasteiger partial charge in [0.25, 0.3) is 0 Å². The van der Waals surface area contributed by atoms with Crippen LogP contribution in [0.5, 0.6) is 5.75 Å². The Morgan fingerprint density at radius 2 is 2.06 bits per heavy atom. The lowest BCUT2D eigenvalue weighted by molar-refractivity contribution is 0.414. The van der Waals surface area contributed by atoms with Crippen LogP contribution in [0.25, 0.3) is 5.83 Å². The molecule has 0 radical (unpaired) electrons. The molecule has 0 saturated carbocycles. The molecule has 0 heterocycles. The number of hydrogen-bond donors (Lipinski definition) is 0. The third kappa shape index (κ3) is 2.81. The van der Waals surface area contributed by atoms with Crippen LogP contribution < -0.4 is 4.74 Å². The van der Waals surface area contributed by atoms with E-state index in [4.69, 9.17) is 4.74 Å². The maximum absolute atomic E-state index is 13.7. The summed E-state index contributed by atoms with van der Waals surface area (Å²) in [4.78, 5) is 0. The minimum absolute atomic E-state index is 0.220. The number of halogens is 2. The van der Waals surface area contributed by atoms with E-state index < -0.39 is 17.6 Å². The zero-order chi connectivity index (χ0) is 12.1. The number of ether oxygens (including phenoxy) is 1. The Hall–Kier alpha value is -1.38. The van der Waals surface area contributed by atoms with Crippen molar-refractivity contribution in [3.63, 3.8) is 0 Å². The van der Waals surface area contributed by atoms with Crippen molar-refractivity contribution in [2.75, 3.05) is 7.11 Å². The summed E-state index contributed by atoms with van der Waals surface area (Å²) in [6.45, 7) is 3.48. The van der Waals surface area contributed by atoms with Crippen LogP contribution in [-0.4, -0.2) is 7.11 Å². The third-order valence-corrected chi connectivity index (χ3v) is 2.58. The Labute approximate surface area is 94.7 Å². The Balaban J connectivity index is 3.07. The quantitative estimate of drug-likeness (QED) is 0.741. The molecule has 0 bridgehead atoms. The minimum atomic E-state index is -0.798. The van der Waals surface area contributed by atoms with E-state index >= 15 is 0 Å². The molecular formula is C13H16F2O. The van der Waals surface area contributed by atoms with Gasteiger partial charge in [-0.15, -0.1) is 0 Å². The highest BCUT2D eigenvalue weighted by atomic mass is 19.2. The molecule has 0 saturated heterocycles. The largest absolute Gasteiger partial charge is 0.497 e. The molecule has 0 aromatic heterocycles. The molecule has 0 fully saturated rings. The lowest BCUT2D eigenvalue weighted by atomic mass is 10.0. The van der Waals surface area contributed by atoms with Gasteiger partial charge in [0.05, 0.1) is 7.11 Å². The van der Waals surface area contributed by atoms with Crippen LogP contribution in [0.3, 0.4) is 0 Å². The molecule has 0 aliphatic rings. The van der Waals surface area contributed by atoms with Crippen molar-refractivity contribution in [2.45, 2.75) is 20.3 Å². The van der Waals surface area contributed by atoms with Gasteiger partial charge in [-0.05, 0) is 18.6 Å². The SMILES string of the molecule is CCC(C)/C(F)=C(\F)c1cccc(OC)c1. The summed E-state index contributed by atoms with van der Waals surface area (Å²) >= 11 is 0. The van der Waals surface area contributed by atoms with Gasteiger partial charge in [-0.2, -0.15) is 0 Å². The second-order valence-electron chi connectivity index (χ2n) is 3.70. The van der Waals surface area contributed by atoms with Crippen molar-refractivity contribution in [1.29, 1.82) is 0 Å². The molecule has 1 atom stereocenters. The average molecular weight is 226 g/mol. The highest BCUT2D eigenvalue weighted by Gasteiger charge is 2.14. The Morgan fingerprint density at radius 1 is 1.38 bits per heavy atom. The maximum atomic E-state index is 13.7. The smallest absolute Gasteiger partial charge is 0.162 e. The number of hydrogen-bond acceptors (Lipinski definition) is 1. The molecule has 0 N–H and O–H groups in total. The normalized spacial score (nSPS) is 14.3. The van der Waals surface area contributed by atoms with Gasteiger partial charge in [0.15, 0.2) is 5.83 Å². The molecule has 0 aliphatic carbocycles. The summed E-state index contributed by atoms with van der Waals surface area (Å²) in [5.74, 6) is -1.38. The fraction of sp³-hybridized carbons (Fsp3) is 0.385. The second kappa shape index (κ2) is 5.64. The molecule has 0 amide bonds. The van der Waals surface area contributed by atoms with Gasteiger partial charge in [-0.1, -0.05) is 26.0 Å². The van der Waals surface area contributed by atoms with Crippen molar-refractivity contribution in [1.82, 2.24) is 0 Å². The predicted molar refractivity (Wildman–Crippen MR) is 61.6 cm³/mol. The second-order valence-corrected chi connectivity index (χ2v) is 3.70. The summed E-state index contributed by atoms with van der Waals surface area (Å²) < 4.78 is 32.3. The molecule has 0 aliphatic heterocycles. The van der Waals surface area contributed by atoms with Gasteiger partial charge >= 0.3 is 0 Å². The monoisotopic (exact) mass is 226 g/mol.